The molecule has 0 saturated carbocycles. The van der Waals surface area contributed by atoms with Gasteiger partial charge in [0.2, 0.25) is 0 Å². The lowest BCUT2D eigenvalue weighted by molar-refractivity contribution is -0.141. The highest BCUT2D eigenvalue weighted by Gasteiger charge is 2.35. The molecule has 6 aliphatic heterocycles. The number of hydrogen-bond acceptors (Lipinski definition) is 18. The number of methoxy groups -OCH3 is 1. The number of fused-ring (bicyclic) bond motifs is 3. The Hall–Kier alpha value is -13.1. The maximum Gasteiger partial charge on any atom is 0.384 e. The van der Waals surface area contributed by atoms with Crippen LogP contribution in [0.15, 0.2) is 164 Å². The average Bonchev–Trinajstić information content (AvgIpc) is 0.952. The molecule has 0 bridgehead atoms. The van der Waals surface area contributed by atoms with Gasteiger partial charge < -0.3 is 92.8 Å². The van der Waals surface area contributed by atoms with Crippen molar-refractivity contribution in [2.24, 2.45) is 0 Å². The Kier molecular flexibility index (Phi) is 30.6. The zero-order valence-electron chi connectivity index (χ0n) is 67.8. The lowest BCUT2D eigenvalue weighted by atomic mass is 9.94. The van der Waals surface area contributed by atoms with Gasteiger partial charge in [-0.1, -0.05) is 72.8 Å². The number of carbonyl (C=O) groups is 6. The van der Waals surface area contributed by atoms with E-state index in [1.54, 1.807) is 4.90 Å². The van der Waals surface area contributed by atoms with Crippen molar-refractivity contribution in [1.29, 1.82) is 0 Å². The van der Waals surface area contributed by atoms with Crippen molar-refractivity contribution in [2.45, 2.75) is 117 Å². The van der Waals surface area contributed by atoms with Gasteiger partial charge in [0.05, 0.1) is 59.3 Å². The number of ether oxygens (including phenoxy) is 10. The monoisotopic (exact) mass is 1650 g/mol. The van der Waals surface area contributed by atoms with Gasteiger partial charge in [-0.15, -0.1) is 0 Å². The summed E-state index contributed by atoms with van der Waals surface area (Å²) in [7, 11) is 1.40. The van der Waals surface area contributed by atoms with Crippen LogP contribution in [0.5, 0.6) is 51.7 Å². The van der Waals surface area contributed by atoms with Crippen LogP contribution in [-0.2, 0) is 53.3 Å². The second kappa shape index (κ2) is 41.8. The summed E-state index contributed by atoms with van der Waals surface area (Å²) in [6, 6.07) is 54.7. The van der Waals surface area contributed by atoms with Gasteiger partial charge >= 0.3 is 41.6 Å². The van der Waals surface area contributed by atoms with Crippen LogP contribution in [0.4, 0.5) is 0 Å². The number of esters is 1. The van der Waals surface area contributed by atoms with Crippen LogP contribution in [0.25, 0.3) is 47.9 Å². The average molecular weight is 1650 g/mol. The van der Waals surface area contributed by atoms with Crippen molar-refractivity contribution in [3.05, 3.63) is 265 Å². The highest BCUT2D eigenvalue weighted by Crippen LogP contribution is 2.43. The zero-order chi connectivity index (χ0) is 85.5. The van der Waals surface area contributed by atoms with E-state index in [4.69, 9.17) is 94.0 Å². The summed E-state index contributed by atoms with van der Waals surface area (Å²) in [5.41, 5.74) is 20.0. The molecule has 6 aliphatic rings. The molecule has 0 aliphatic carbocycles. The molecule has 0 radical (unpaired) electrons. The number of nitrogens with zero attached hydrogens (tertiary/aromatic N) is 4. The second-order valence-electron chi connectivity index (χ2n) is 29.9. The molecule has 3 atom stereocenters. The molecule has 26 heteroatoms. The third kappa shape index (κ3) is 24.1. The van der Waals surface area contributed by atoms with Crippen molar-refractivity contribution in [2.75, 3.05) is 85.8 Å². The van der Waals surface area contributed by atoms with Gasteiger partial charge in [-0.2, -0.15) is 0 Å². The van der Waals surface area contributed by atoms with E-state index in [2.05, 4.69) is 152 Å². The van der Waals surface area contributed by atoms with Gasteiger partial charge in [-0.25, -0.2) is 24.5 Å². The second-order valence-corrected chi connectivity index (χ2v) is 30.3. The largest absolute Gasteiger partial charge is 0.492 e. The maximum atomic E-state index is 11.8. The fourth-order valence-electron chi connectivity index (χ4n) is 14.8. The molecule has 25 nitrogen and oxygen atoms in total. The highest BCUT2D eigenvalue weighted by atomic mass is 35.5. The smallest absolute Gasteiger partial charge is 0.384 e. The molecule has 9 aromatic rings. The van der Waals surface area contributed by atoms with Gasteiger partial charge in [0.25, 0.3) is 13.1 Å². The van der Waals surface area contributed by atoms with Crippen LogP contribution in [0.1, 0.15) is 104 Å². The van der Waals surface area contributed by atoms with Crippen LogP contribution in [-0.4, -0.2) is 159 Å². The van der Waals surface area contributed by atoms with E-state index in [1.165, 1.54) is 40.5 Å². The number of nitrogens with one attached hydrogen (secondary N) is 2. The van der Waals surface area contributed by atoms with Gasteiger partial charge in [-0.3, -0.25) is 24.0 Å². The fourth-order valence-corrected chi connectivity index (χ4v) is 14.9. The normalized spacial score (nSPS) is 15.5. The van der Waals surface area contributed by atoms with E-state index in [0.29, 0.717) is 87.9 Å². The van der Waals surface area contributed by atoms with E-state index < -0.39 is 29.7 Å². The van der Waals surface area contributed by atoms with E-state index >= 15 is 0 Å². The SMILES string of the molecule is Cc1cc(OC2CNC2)cc(C)c1-c1cccc(COc2ccc3c(c2)OC[C@H]3CC(=O)O)c1.Cc1cc(OC2CNC2)cc(C)c1-c1cccc(COc2ccc3c(c2)OC[C@H]3CC(=O)O)c1.[C-]#[N+]CC(=O)Cl.[C-]#[N+]CC(=O)N1CC(Oc2cc(C)c(-c3cccc(COc4ccc5c(c4)OC[C@H]5CC(=O)OC)c3)c(C)c2)C1.[C-]#[N+]CC(=O)O. The van der Waals surface area contributed by atoms with Crippen molar-refractivity contribution < 1.29 is 91.5 Å². The molecule has 0 spiro atoms. The molecular weight excluding hydrogens is 1550 g/mol. The number of carboxylic acid groups (broad SMARTS) is 3. The Morgan fingerprint density at radius 1 is 0.425 bits per heavy atom. The Balaban J connectivity index is 0.000000165. The highest BCUT2D eigenvalue weighted by molar-refractivity contribution is 6.64. The lowest BCUT2D eigenvalue weighted by Crippen LogP contribution is -2.56. The molecular formula is C94H95ClN6O19. The summed E-state index contributed by atoms with van der Waals surface area (Å²) in [5.74, 6) is 3.64. The molecule has 5 N–H and O–H groups in total. The van der Waals surface area contributed by atoms with Crippen LogP contribution in [0.3, 0.4) is 0 Å². The van der Waals surface area contributed by atoms with E-state index in [1.807, 2.05) is 78.9 Å². The Morgan fingerprint density at radius 3 is 1.03 bits per heavy atom. The topological polar surface area (TPSA) is 296 Å². The first-order valence-electron chi connectivity index (χ1n) is 39.2. The fraction of sp³-hybridized carbons (Fsp3) is 0.330. The number of benzene rings is 9. The molecule has 9 aromatic carbocycles. The summed E-state index contributed by atoms with van der Waals surface area (Å²) >= 11 is 4.73. The number of hydrogen-bond donors (Lipinski definition) is 5. The first-order valence-corrected chi connectivity index (χ1v) is 39.6. The Morgan fingerprint density at radius 2 is 0.758 bits per heavy atom. The molecule has 15 rings (SSSR count). The van der Waals surface area contributed by atoms with Gasteiger partial charge in [0.15, 0.2) is 0 Å². The van der Waals surface area contributed by atoms with Crippen molar-refractivity contribution in [1.82, 2.24) is 15.5 Å². The molecule has 622 valence electrons. The number of aryl methyl sites for hydroxylation is 6. The number of likely N-dealkylation sites (tertiary alicyclic amines) is 1. The number of carboxylic acids is 3. The summed E-state index contributed by atoms with van der Waals surface area (Å²) in [6.07, 6.45) is 0.916. The third-order valence-corrected chi connectivity index (χ3v) is 20.8. The minimum atomic E-state index is -1.06. The van der Waals surface area contributed by atoms with E-state index in [9.17, 15) is 28.8 Å². The predicted molar refractivity (Wildman–Crippen MR) is 451 cm³/mol. The maximum absolute atomic E-state index is 11.8. The molecule has 0 aromatic heterocycles. The van der Waals surface area contributed by atoms with Crippen molar-refractivity contribution in [3.63, 3.8) is 0 Å². The van der Waals surface area contributed by atoms with E-state index in [0.717, 1.165) is 116 Å². The third-order valence-electron chi connectivity index (χ3n) is 20.7. The standard InChI is InChI=1S/C32H32N2O6.2C28H29NO5.C3H2ClNO.C3H3NO2/c1-20-10-26(40-27-16-34(17-27)30(35)15-33-3)11-21(2)32(20)23-7-5-6-22(12-23)18-38-25-8-9-28-24(13-31(36)37-4)19-39-29(28)14-25;2*1-17-8-23(34-24-13-29-14-24)9-18(2)28(17)20-5-3-4-19(10-20)15-32-22-6-7-25-21(11-27(30)31)16-33-26(25)12-22;1-5-2-3(4)6;1-4-2-3(5)6/h5-12,14,24,27H,13,15-19H2,1-2,4H3;2*3-10,12,21,24,29H,11,13-16H2,1-2H3,(H,30,31);2H2;2H2,(H,5,6)/t24-;2*21-;;/m111../s1. The summed E-state index contributed by atoms with van der Waals surface area (Å²) in [6.45, 7) is 37.9. The number of carbonyl (C=O) groups excluding carboxylic acids is 3. The van der Waals surface area contributed by atoms with Crippen LogP contribution >= 0.6 is 11.6 Å². The van der Waals surface area contributed by atoms with Gasteiger partial charge in [-0.05, 0) is 209 Å². The van der Waals surface area contributed by atoms with E-state index in [-0.39, 0.29) is 73.9 Å². The van der Waals surface area contributed by atoms with Crippen molar-refractivity contribution in [3.8, 4) is 85.1 Å². The predicted octanol–water partition coefficient (Wildman–Crippen LogP) is 15.5. The molecule has 120 heavy (non-hydrogen) atoms. The van der Waals surface area contributed by atoms with Crippen LogP contribution in [0, 0.1) is 61.3 Å². The van der Waals surface area contributed by atoms with Crippen LogP contribution in [0.2, 0.25) is 0 Å². The Labute approximate surface area is 702 Å². The lowest BCUT2D eigenvalue weighted by Gasteiger charge is -2.38. The summed E-state index contributed by atoms with van der Waals surface area (Å²) in [5, 5.41) is 31.7. The number of halogens is 1. The number of rotatable bonds is 27. The van der Waals surface area contributed by atoms with Crippen molar-refractivity contribution >= 4 is 46.6 Å². The Bertz CT molecular complexity index is 5080. The van der Waals surface area contributed by atoms with Gasteiger partial charge in [0, 0.05) is 78.8 Å². The first kappa shape index (κ1) is 87.7. The molecule has 1 amide bonds. The first-order chi connectivity index (χ1) is 57.8. The molecule has 3 saturated heterocycles. The minimum absolute atomic E-state index is 0.000471. The molecule has 6 heterocycles. The quantitative estimate of drug-likeness (QED) is 0.0182. The summed E-state index contributed by atoms with van der Waals surface area (Å²) < 4.78 is 58.4. The number of aliphatic carboxylic acids is 3. The molecule has 0 unspecified atom stereocenters. The number of amides is 1. The minimum Gasteiger partial charge on any atom is -0.492 e. The zero-order valence-corrected chi connectivity index (χ0v) is 68.6. The van der Waals surface area contributed by atoms with Crippen LogP contribution < -0.4 is 53.3 Å². The molecule has 3 fully saturated rings. The van der Waals surface area contributed by atoms with Gasteiger partial charge in [0.1, 0.15) is 89.9 Å². The summed E-state index contributed by atoms with van der Waals surface area (Å²) in [4.78, 5) is 74.7.